The number of rotatable bonds is 7. The first-order valence-corrected chi connectivity index (χ1v) is 6.60. The Morgan fingerprint density at radius 1 is 1.44 bits per heavy atom. The molecule has 2 N–H and O–H groups in total. The van der Waals surface area contributed by atoms with Crippen LogP contribution in [-0.2, 0) is 6.54 Å². The fourth-order valence-electron chi connectivity index (χ4n) is 2.43. The van der Waals surface area contributed by atoms with E-state index in [4.69, 9.17) is 5.11 Å². The number of carbonyl (C=O) groups is 1. The second kappa shape index (κ2) is 6.49. The molecule has 1 aromatic rings. The van der Waals surface area contributed by atoms with Crippen molar-refractivity contribution in [2.75, 3.05) is 13.1 Å². The van der Waals surface area contributed by atoms with E-state index in [1.54, 1.807) is 4.68 Å². The summed E-state index contributed by atoms with van der Waals surface area (Å²) in [6.45, 7) is 2.49. The maximum absolute atomic E-state index is 10.6. The Balaban J connectivity index is 1.58. The Bertz CT molecular complexity index is 385. The smallest absolute Gasteiger partial charge is 0.358 e. The lowest BCUT2D eigenvalue weighted by Crippen LogP contribution is -2.22. The Kier molecular flexibility index (Phi) is 4.69. The van der Waals surface area contributed by atoms with E-state index in [1.165, 1.54) is 38.3 Å². The van der Waals surface area contributed by atoms with Crippen LogP contribution < -0.4 is 5.32 Å². The van der Waals surface area contributed by atoms with Gasteiger partial charge in [0.25, 0.3) is 0 Å². The van der Waals surface area contributed by atoms with Crippen LogP contribution in [0.3, 0.4) is 0 Å². The summed E-state index contributed by atoms with van der Waals surface area (Å²) in [6.07, 6.45) is 8.25. The molecule has 6 nitrogen and oxygen atoms in total. The van der Waals surface area contributed by atoms with E-state index in [-0.39, 0.29) is 5.69 Å². The summed E-state index contributed by atoms with van der Waals surface area (Å²) in [7, 11) is 0. The largest absolute Gasteiger partial charge is 0.476 e. The van der Waals surface area contributed by atoms with Crippen molar-refractivity contribution in [3.05, 3.63) is 11.9 Å². The maximum Gasteiger partial charge on any atom is 0.358 e. The van der Waals surface area contributed by atoms with Crippen molar-refractivity contribution in [1.82, 2.24) is 20.3 Å². The average molecular weight is 252 g/mol. The Hall–Kier alpha value is -1.43. The normalized spacial score (nSPS) is 16.2. The molecule has 0 amide bonds. The van der Waals surface area contributed by atoms with Crippen LogP contribution in [0.25, 0.3) is 0 Å². The highest BCUT2D eigenvalue weighted by Gasteiger charge is 2.13. The van der Waals surface area contributed by atoms with Crippen LogP contribution in [0.15, 0.2) is 6.20 Å². The molecule has 0 unspecified atom stereocenters. The lowest BCUT2D eigenvalue weighted by Gasteiger charge is -2.09. The fraction of sp³-hybridized carbons (Fsp3) is 0.750. The van der Waals surface area contributed by atoms with Crippen molar-refractivity contribution in [2.24, 2.45) is 5.92 Å². The van der Waals surface area contributed by atoms with Gasteiger partial charge in [-0.25, -0.2) is 4.79 Å². The van der Waals surface area contributed by atoms with Crippen LogP contribution >= 0.6 is 0 Å². The number of carboxylic acids is 1. The van der Waals surface area contributed by atoms with Gasteiger partial charge in [-0.3, -0.25) is 4.68 Å². The van der Waals surface area contributed by atoms with Gasteiger partial charge in [-0.15, -0.1) is 5.10 Å². The topological polar surface area (TPSA) is 80.0 Å². The lowest BCUT2D eigenvalue weighted by atomic mass is 10.0. The minimum absolute atomic E-state index is 0.000885. The monoisotopic (exact) mass is 252 g/mol. The van der Waals surface area contributed by atoms with Crippen LogP contribution in [0.2, 0.25) is 0 Å². The number of hydrogen-bond acceptors (Lipinski definition) is 4. The van der Waals surface area contributed by atoms with Gasteiger partial charge in [0.1, 0.15) is 0 Å². The third-order valence-electron chi connectivity index (χ3n) is 3.48. The molecule has 1 fully saturated rings. The minimum atomic E-state index is -1.03. The number of aromatic nitrogens is 3. The number of aromatic carboxylic acids is 1. The van der Waals surface area contributed by atoms with Gasteiger partial charge in [0.2, 0.25) is 0 Å². The van der Waals surface area contributed by atoms with Gasteiger partial charge in [0.05, 0.1) is 12.7 Å². The molecule has 18 heavy (non-hydrogen) atoms. The summed E-state index contributed by atoms with van der Waals surface area (Å²) in [5, 5.41) is 19.4. The quantitative estimate of drug-likeness (QED) is 0.711. The summed E-state index contributed by atoms with van der Waals surface area (Å²) in [4.78, 5) is 10.6. The van der Waals surface area contributed by atoms with Gasteiger partial charge in [-0.2, -0.15) is 0 Å². The lowest BCUT2D eigenvalue weighted by molar-refractivity contribution is 0.0690. The highest BCUT2D eigenvalue weighted by molar-refractivity contribution is 5.84. The molecule has 100 valence electrons. The minimum Gasteiger partial charge on any atom is -0.476 e. The SMILES string of the molecule is O=C(O)c1cn(CCNCCC2CCCC2)nn1. The van der Waals surface area contributed by atoms with E-state index in [2.05, 4.69) is 15.6 Å². The van der Waals surface area contributed by atoms with E-state index in [0.717, 1.165) is 19.0 Å². The molecule has 1 aliphatic carbocycles. The molecule has 0 saturated heterocycles. The predicted molar refractivity (Wildman–Crippen MR) is 66.4 cm³/mol. The molecular formula is C12H20N4O2. The molecular weight excluding hydrogens is 232 g/mol. The zero-order chi connectivity index (χ0) is 12.8. The molecule has 1 aliphatic rings. The molecule has 0 aromatic carbocycles. The molecule has 0 bridgehead atoms. The Morgan fingerprint density at radius 2 is 2.22 bits per heavy atom. The van der Waals surface area contributed by atoms with Crippen molar-refractivity contribution in [1.29, 1.82) is 0 Å². The molecule has 0 radical (unpaired) electrons. The van der Waals surface area contributed by atoms with E-state index >= 15 is 0 Å². The second-order valence-electron chi connectivity index (χ2n) is 4.86. The van der Waals surface area contributed by atoms with Gasteiger partial charge >= 0.3 is 5.97 Å². The zero-order valence-corrected chi connectivity index (χ0v) is 10.5. The van der Waals surface area contributed by atoms with Crippen molar-refractivity contribution in [3.63, 3.8) is 0 Å². The summed E-state index contributed by atoms with van der Waals surface area (Å²) in [5.41, 5.74) is 0.000885. The number of carboxylic acid groups (broad SMARTS) is 1. The second-order valence-corrected chi connectivity index (χ2v) is 4.86. The number of hydrogen-bond donors (Lipinski definition) is 2. The molecule has 0 atom stereocenters. The highest BCUT2D eigenvalue weighted by atomic mass is 16.4. The average Bonchev–Trinajstić information content (AvgIpc) is 2.98. The van der Waals surface area contributed by atoms with Gasteiger partial charge in [0, 0.05) is 6.54 Å². The molecule has 2 rings (SSSR count). The first-order chi connectivity index (χ1) is 8.75. The van der Waals surface area contributed by atoms with Crippen LogP contribution in [0.5, 0.6) is 0 Å². The predicted octanol–water partition coefficient (Wildman–Crippen LogP) is 1.15. The number of nitrogens with zero attached hydrogens (tertiary/aromatic N) is 3. The van der Waals surface area contributed by atoms with Crippen LogP contribution in [0.4, 0.5) is 0 Å². The molecule has 1 saturated carbocycles. The molecule has 6 heteroatoms. The van der Waals surface area contributed by atoms with Crippen LogP contribution in [0.1, 0.15) is 42.6 Å². The highest BCUT2D eigenvalue weighted by Crippen LogP contribution is 2.26. The van der Waals surface area contributed by atoms with Gasteiger partial charge in [-0.05, 0) is 18.9 Å². The molecule has 1 aromatic heterocycles. The third-order valence-corrected chi connectivity index (χ3v) is 3.48. The first-order valence-electron chi connectivity index (χ1n) is 6.60. The molecule has 0 aliphatic heterocycles. The van der Waals surface area contributed by atoms with Crippen LogP contribution in [-0.4, -0.2) is 39.2 Å². The molecule has 0 spiro atoms. The summed E-state index contributed by atoms with van der Waals surface area (Å²) in [5.74, 6) is -0.127. The van der Waals surface area contributed by atoms with Gasteiger partial charge < -0.3 is 10.4 Å². The van der Waals surface area contributed by atoms with E-state index in [1.807, 2.05) is 0 Å². The third kappa shape index (κ3) is 3.80. The van der Waals surface area contributed by atoms with E-state index in [0.29, 0.717) is 6.54 Å². The standard InChI is InChI=1S/C12H20N4O2/c17-12(18)11-9-16(15-14-11)8-7-13-6-5-10-3-1-2-4-10/h9-10,13H,1-8H2,(H,17,18). The first kappa shape index (κ1) is 13.0. The van der Waals surface area contributed by atoms with Crippen molar-refractivity contribution in [3.8, 4) is 0 Å². The van der Waals surface area contributed by atoms with E-state index < -0.39 is 5.97 Å². The van der Waals surface area contributed by atoms with Crippen molar-refractivity contribution < 1.29 is 9.90 Å². The van der Waals surface area contributed by atoms with E-state index in [9.17, 15) is 4.79 Å². The summed E-state index contributed by atoms with van der Waals surface area (Å²) < 4.78 is 1.56. The Morgan fingerprint density at radius 3 is 2.89 bits per heavy atom. The fourth-order valence-corrected chi connectivity index (χ4v) is 2.43. The Labute approximate surface area is 106 Å². The van der Waals surface area contributed by atoms with Gasteiger partial charge in [-0.1, -0.05) is 30.9 Å². The molecule has 1 heterocycles. The van der Waals surface area contributed by atoms with Crippen molar-refractivity contribution >= 4 is 5.97 Å². The number of nitrogens with one attached hydrogen (secondary N) is 1. The zero-order valence-electron chi connectivity index (χ0n) is 10.5. The van der Waals surface area contributed by atoms with Gasteiger partial charge in [0.15, 0.2) is 5.69 Å². The van der Waals surface area contributed by atoms with Crippen molar-refractivity contribution in [2.45, 2.75) is 38.6 Å². The van der Waals surface area contributed by atoms with Crippen LogP contribution in [0, 0.1) is 5.92 Å². The summed E-state index contributed by atoms with van der Waals surface area (Å²) >= 11 is 0. The maximum atomic E-state index is 10.6. The summed E-state index contributed by atoms with van der Waals surface area (Å²) in [6, 6.07) is 0.